The highest BCUT2D eigenvalue weighted by Gasteiger charge is 2.04. The summed E-state index contributed by atoms with van der Waals surface area (Å²) < 4.78 is 28.4. The molecule has 0 aliphatic carbocycles. The van der Waals surface area contributed by atoms with Crippen LogP contribution in [0.4, 0.5) is 8.78 Å². The van der Waals surface area contributed by atoms with Gasteiger partial charge in [0, 0.05) is 17.6 Å². The second-order valence-electron chi connectivity index (χ2n) is 4.92. The Balaban J connectivity index is 1.77. The highest BCUT2D eigenvalue weighted by Crippen LogP contribution is 2.16. The van der Waals surface area contributed by atoms with Gasteiger partial charge in [-0.05, 0) is 41.8 Å². The van der Waals surface area contributed by atoms with Crippen molar-refractivity contribution >= 4 is 23.6 Å². The quantitative estimate of drug-likeness (QED) is 0.755. The van der Waals surface area contributed by atoms with Crippen molar-refractivity contribution < 1.29 is 18.3 Å². The first-order valence-electron chi connectivity index (χ1n) is 7.29. The molecule has 2 aromatic carbocycles. The third kappa shape index (κ3) is 6.01. The molecular weight excluding hydrogens is 336 g/mol. The first-order chi connectivity index (χ1) is 11.5. The maximum Gasteiger partial charge on any atom is 0.387 e. The van der Waals surface area contributed by atoms with Crippen LogP contribution in [0.2, 0.25) is 5.02 Å². The molecule has 1 amide bonds. The Morgan fingerprint density at radius 1 is 1.17 bits per heavy atom. The van der Waals surface area contributed by atoms with Crippen LogP contribution in [-0.2, 0) is 11.2 Å². The lowest BCUT2D eigenvalue weighted by Gasteiger charge is -2.06. The molecule has 0 atom stereocenters. The molecule has 1 N–H and O–H groups in total. The molecule has 0 unspecified atom stereocenters. The van der Waals surface area contributed by atoms with Crippen molar-refractivity contribution in [1.29, 1.82) is 0 Å². The van der Waals surface area contributed by atoms with Crippen LogP contribution in [0.1, 0.15) is 11.1 Å². The van der Waals surface area contributed by atoms with Gasteiger partial charge in [0.15, 0.2) is 0 Å². The lowest BCUT2D eigenvalue weighted by atomic mass is 10.1. The molecule has 0 radical (unpaired) electrons. The van der Waals surface area contributed by atoms with Gasteiger partial charge in [-0.25, -0.2) is 0 Å². The second kappa shape index (κ2) is 9.03. The van der Waals surface area contributed by atoms with Crippen molar-refractivity contribution in [3.05, 3.63) is 70.8 Å². The molecule has 6 heteroatoms. The Bertz CT molecular complexity index is 702. The Morgan fingerprint density at radius 2 is 1.88 bits per heavy atom. The zero-order valence-corrected chi connectivity index (χ0v) is 13.5. The number of amides is 1. The van der Waals surface area contributed by atoms with Crippen LogP contribution in [0.5, 0.6) is 5.75 Å². The van der Waals surface area contributed by atoms with Crippen LogP contribution in [-0.4, -0.2) is 19.1 Å². The van der Waals surface area contributed by atoms with Crippen molar-refractivity contribution in [1.82, 2.24) is 5.32 Å². The Labute approximate surface area is 143 Å². The predicted molar refractivity (Wildman–Crippen MR) is 90.3 cm³/mol. The number of benzene rings is 2. The fourth-order valence-electron chi connectivity index (χ4n) is 2.00. The van der Waals surface area contributed by atoms with Gasteiger partial charge in [-0.2, -0.15) is 8.78 Å². The summed E-state index contributed by atoms with van der Waals surface area (Å²) in [6.07, 6.45) is 3.65. The Hall–Kier alpha value is -2.40. The minimum atomic E-state index is -2.83. The smallest absolute Gasteiger partial charge is 0.387 e. The number of alkyl halides is 2. The minimum Gasteiger partial charge on any atom is -0.435 e. The molecule has 0 aliphatic rings. The zero-order valence-electron chi connectivity index (χ0n) is 12.7. The van der Waals surface area contributed by atoms with E-state index in [1.54, 1.807) is 24.3 Å². The zero-order chi connectivity index (χ0) is 17.4. The molecule has 126 valence electrons. The summed E-state index contributed by atoms with van der Waals surface area (Å²) in [6.45, 7) is -2.40. The fraction of sp³-hybridized carbons (Fsp3) is 0.167. The number of hydrogen-bond acceptors (Lipinski definition) is 2. The van der Waals surface area contributed by atoms with E-state index in [1.165, 1.54) is 18.2 Å². The standard InChI is InChI=1S/C18H16ClF2NO2/c19-16-4-2-1-3-14(16)7-10-17(23)22-12-11-13-5-8-15(9-6-13)24-18(20)21/h1-10,18H,11-12H2,(H,22,23)/b10-7+. The molecule has 2 rings (SSSR count). The van der Waals surface area contributed by atoms with E-state index in [0.29, 0.717) is 18.0 Å². The van der Waals surface area contributed by atoms with Gasteiger partial charge < -0.3 is 10.1 Å². The molecule has 0 fully saturated rings. The number of carbonyl (C=O) groups excluding carboxylic acids is 1. The number of ether oxygens (including phenoxy) is 1. The van der Waals surface area contributed by atoms with E-state index in [4.69, 9.17) is 11.6 Å². The highest BCUT2D eigenvalue weighted by atomic mass is 35.5. The maximum atomic E-state index is 12.0. The fourth-order valence-corrected chi connectivity index (χ4v) is 2.20. The Morgan fingerprint density at radius 3 is 2.54 bits per heavy atom. The van der Waals surface area contributed by atoms with E-state index >= 15 is 0 Å². The SMILES string of the molecule is O=C(/C=C/c1ccccc1Cl)NCCc1ccc(OC(F)F)cc1. The summed E-state index contributed by atoms with van der Waals surface area (Å²) in [5, 5.41) is 3.32. The number of nitrogens with one attached hydrogen (secondary N) is 1. The van der Waals surface area contributed by atoms with Gasteiger partial charge in [-0.15, -0.1) is 0 Å². The van der Waals surface area contributed by atoms with E-state index < -0.39 is 6.61 Å². The molecule has 0 saturated heterocycles. The van der Waals surface area contributed by atoms with E-state index in [9.17, 15) is 13.6 Å². The maximum absolute atomic E-state index is 12.0. The Kier molecular flexibility index (Phi) is 6.75. The average Bonchev–Trinajstić information content (AvgIpc) is 2.55. The van der Waals surface area contributed by atoms with E-state index in [0.717, 1.165) is 11.1 Å². The first kappa shape index (κ1) is 17.9. The van der Waals surface area contributed by atoms with Crippen molar-refractivity contribution in [3.8, 4) is 5.75 Å². The molecule has 0 saturated carbocycles. The van der Waals surface area contributed by atoms with E-state index in [-0.39, 0.29) is 11.7 Å². The van der Waals surface area contributed by atoms with Crippen LogP contribution in [0.3, 0.4) is 0 Å². The van der Waals surface area contributed by atoms with Gasteiger partial charge in [0.2, 0.25) is 5.91 Å². The molecule has 0 aliphatic heterocycles. The van der Waals surface area contributed by atoms with Crippen LogP contribution in [0.25, 0.3) is 6.08 Å². The van der Waals surface area contributed by atoms with Crippen LogP contribution in [0.15, 0.2) is 54.6 Å². The van der Waals surface area contributed by atoms with Crippen molar-refractivity contribution in [3.63, 3.8) is 0 Å². The van der Waals surface area contributed by atoms with Gasteiger partial charge in [0.05, 0.1) is 0 Å². The molecule has 3 nitrogen and oxygen atoms in total. The number of rotatable bonds is 7. The van der Waals surface area contributed by atoms with E-state index in [1.807, 2.05) is 18.2 Å². The van der Waals surface area contributed by atoms with Gasteiger partial charge in [0.1, 0.15) is 5.75 Å². The van der Waals surface area contributed by atoms with Crippen LogP contribution < -0.4 is 10.1 Å². The van der Waals surface area contributed by atoms with Gasteiger partial charge >= 0.3 is 6.61 Å². The van der Waals surface area contributed by atoms with E-state index in [2.05, 4.69) is 10.1 Å². The molecule has 0 spiro atoms. The highest BCUT2D eigenvalue weighted by molar-refractivity contribution is 6.32. The largest absolute Gasteiger partial charge is 0.435 e. The number of hydrogen-bond donors (Lipinski definition) is 1. The predicted octanol–water partition coefficient (Wildman–Crippen LogP) is 4.31. The monoisotopic (exact) mass is 351 g/mol. The lowest BCUT2D eigenvalue weighted by Crippen LogP contribution is -2.23. The average molecular weight is 352 g/mol. The third-order valence-electron chi connectivity index (χ3n) is 3.18. The summed E-state index contributed by atoms with van der Waals surface area (Å²) in [4.78, 5) is 11.7. The molecule has 0 heterocycles. The van der Waals surface area contributed by atoms with Gasteiger partial charge in [-0.1, -0.05) is 41.9 Å². The first-order valence-corrected chi connectivity index (χ1v) is 7.66. The summed E-state index contributed by atoms with van der Waals surface area (Å²) >= 11 is 6.00. The molecule has 24 heavy (non-hydrogen) atoms. The lowest BCUT2D eigenvalue weighted by molar-refractivity contribution is -0.116. The topological polar surface area (TPSA) is 38.3 Å². The van der Waals surface area contributed by atoms with Crippen molar-refractivity contribution in [2.24, 2.45) is 0 Å². The summed E-state index contributed by atoms with van der Waals surface area (Å²) in [5.41, 5.74) is 1.68. The summed E-state index contributed by atoms with van der Waals surface area (Å²) in [5.74, 6) is -0.118. The second-order valence-corrected chi connectivity index (χ2v) is 5.33. The summed E-state index contributed by atoms with van der Waals surface area (Å²) in [6, 6.07) is 13.5. The normalized spacial score (nSPS) is 11.0. The minimum absolute atomic E-state index is 0.112. The molecular formula is C18H16ClF2NO2. The number of halogens is 3. The molecule has 0 aromatic heterocycles. The van der Waals surface area contributed by atoms with Crippen LogP contribution in [0, 0.1) is 0 Å². The van der Waals surface area contributed by atoms with Gasteiger partial charge in [0.25, 0.3) is 0 Å². The van der Waals surface area contributed by atoms with Gasteiger partial charge in [-0.3, -0.25) is 4.79 Å². The summed E-state index contributed by atoms with van der Waals surface area (Å²) in [7, 11) is 0. The molecule has 2 aromatic rings. The van der Waals surface area contributed by atoms with Crippen molar-refractivity contribution in [2.45, 2.75) is 13.0 Å². The molecule has 0 bridgehead atoms. The van der Waals surface area contributed by atoms with Crippen LogP contribution >= 0.6 is 11.6 Å². The number of carbonyl (C=O) groups is 1. The third-order valence-corrected chi connectivity index (χ3v) is 3.53. The van der Waals surface area contributed by atoms with Crippen molar-refractivity contribution in [2.75, 3.05) is 6.54 Å².